The van der Waals surface area contributed by atoms with Crippen LogP contribution in [0.2, 0.25) is 0 Å². The highest BCUT2D eigenvalue weighted by Crippen LogP contribution is 2.44. The monoisotopic (exact) mass is 203 g/mol. The second kappa shape index (κ2) is 3.24. The van der Waals surface area contributed by atoms with Gasteiger partial charge in [0.2, 0.25) is 0 Å². The van der Waals surface area contributed by atoms with Crippen LogP contribution in [0.3, 0.4) is 0 Å². The van der Waals surface area contributed by atoms with E-state index in [-0.39, 0.29) is 0 Å². The lowest BCUT2D eigenvalue weighted by Crippen LogP contribution is -2.25. The Kier molecular flexibility index (Phi) is 1.99. The molecule has 80 valence electrons. The largest absolute Gasteiger partial charge is 0.497 e. The Bertz CT molecular complexity index is 380. The fourth-order valence-corrected chi connectivity index (χ4v) is 3.09. The first kappa shape index (κ1) is 9.22. The van der Waals surface area contributed by atoms with Gasteiger partial charge in [-0.05, 0) is 49.1 Å². The zero-order valence-corrected chi connectivity index (χ0v) is 9.18. The van der Waals surface area contributed by atoms with Crippen molar-refractivity contribution in [2.45, 2.75) is 24.7 Å². The Morgan fingerprint density at radius 3 is 3.00 bits per heavy atom. The molecule has 0 bridgehead atoms. The van der Waals surface area contributed by atoms with Crippen LogP contribution in [0.5, 0.6) is 5.75 Å². The van der Waals surface area contributed by atoms with Crippen molar-refractivity contribution in [2.24, 2.45) is 0 Å². The average Bonchev–Trinajstić information content (AvgIpc) is 2.89. The second-order valence-electron chi connectivity index (χ2n) is 4.73. The summed E-state index contributed by atoms with van der Waals surface area (Å²) >= 11 is 0. The molecule has 0 amide bonds. The molecule has 0 radical (unpaired) electrons. The van der Waals surface area contributed by atoms with E-state index in [0.717, 1.165) is 18.8 Å². The van der Waals surface area contributed by atoms with E-state index >= 15 is 0 Å². The van der Waals surface area contributed by atoms with Crippen molar-refractivity contribution in [3.05, 3.63) is 29.3 Å². The van der Waals surface area contributed by atoms with Crippen LogP contribution in [-0.4, -0.2) is 20.2 Å². The fraction of sp³-hybridized carbons (Fsp3) is 0.538. The van der Waals surface area contributed by atoms with Gasteiger partial charge in [0.15, 0.2) is 0 Å². The molecule has 1 saturated heterocycles. The van der Waals surface area contributed by atoms with E-state index in [4.69, 9.17) is 4.74 Å². The highest BCUT2D eigenvalue weighted by atomic mass is 16.5. The number of nitrogens with one attached hydrogen (secondary N) is 1. The summed E-state index contributed by atoms with van der Waals surface area (Å²) in [7, 11) is 1.75. The highest BCUT2D eigenvalue weighted by molar-refractivity contribution is 5.45. The van der Waals surface area contributed by atoms with Gasteiger partial charge in [-0.15, -0.1) is 0 Å². The number of ether oxygens (including phenoxy) is 1. The Morgan fingerprint density at radius 2 is 2.27 bits per heavy atom. The number of rotatable bonds is 1. The second-order valence-corrected chi connectivity index (χ2v) is 4.73. The van der Waals surface area contributed by atoms with E-state index in [1.807, 2.05) is 0 Å². The molecule has 0 aromatic heterocycles. The van der Waals surface area contributed by atoms with Crippen molar-refractivity contribution in [2.75, 3.05) is 20.2 Å². The van der Waals surface area contributed by atoms with Crippen molar-refractivity contribution < 1.29 is 4.74 Å². The van der Waals surface area contributed by atoms with Gasteiger partial charge in [-0.25, -0.2) is 0 Å². The molecular weight excluding hydrogens is 186 g/mol. The molecule has 1 unspecified atom stereocenters. The van der Waals surface area contributed by atoms with Gasteiger partial charge >= 0.3 is 0 Å². The number of hydrogen-bond acceptors (Lipinski definition) is 2. The molecule has 1 spiro atoms. The lowest BCUT2D eigenvalue weighted by molar-refractivity contribution is 0.411. The summed E-state index contributed by atoms with van der Waals surface area (Å²) in [4.78, 5) is 0. The predicted molar refractivity (Wildman–Crippen MR) is 60.5 cm³/mol. The number of methoxy groups -OCH3 is 1. The molecule has 1 heterocycles. The SMILES string of the molecule is COc1ccc2c(c1)C1(CCNC1)CC2. The fourth-order valence-electron chi connectivity index (χ4n) is 3.09. The molecule has 1 aliphatic heterocycles. The molecule has 2 heteroatoms. The van der Waals surface area contributed by atoms with Crippen LogP contribution < -0.4 is 10.1 Å². The summed E-state index contributed by atoms with van der Waals surface area (Å²) in [5, 5.41) is 3.49. The molecule has 1 aromatic rings. The lowest BCUT2D eigenvalue weighted by Gasteiger charge is -2.23. The quantitative estimate of drug-likeness (QED) is 0.752. The number of aryl methyl sites for hydroxylation is 1. The molecule has 2 nitrogen and oxygen atoms in total. The van der Waals surface area contributed by atoms with Crippen LogP contribution in [0.15, 0.2) is 18.2 Å². The third-order valence-corrected chi connectivity index (χ3v) is 4.00. The Hall–Kier alpha value is -1.02. The first-order valence-corrected chi connectivity index (χ1v) is 5.72. The van der Waals surface area contributed by atoms with Gasteiger partial charge in [0.25, 0.3) is 0 Å². The summed E-state index contributed by atoms with van der Waals surface area (Å²) in [5.41, 5.74) is 3.48. The van der Waals surface area contributed by atoms with E-state index in [0.29, 0.717) is 5.41 Å². The first-order valence-electron chi connectivity index (χ1n) is 5.72. The number of hydrogen-bond donors (Lipinski definition) is 1. The summed E-state index contributed by atoms with van der Waals surface area (Å²) < 4.78 is 5.32. The van der Waals surface area contributed by atoms with Gasteiger partial charge in [0.1, 0.15) is 5.75 Å². The third kappa shape index (κ3) is 1.28. The highest BCUT2D eigenvalue weighted by Gasteiger charge is 2.40. The molecule has 1 aliphatic carbocycles. The minimum Gasteiger partial charge on any atom is -0.497 e. The van der Waals surface area contributed by atoms with Gasteiger partial charge in [0.05, 0.1) is 7.11 Å². The van der Waals surface area contributed by atoms with Crippen LogP contribution in [0.4, 0.5) is 0 Å². The molecule has 1 fully saturated rings. The normalized spacial score (nSPS) is 28.3. The summed E-state index contributed by atoms with van der Waals surface area (Å²) in [6.45, 7) is 2.31. The van der Waals surface area contributed by atoms with E-state index in [1.165, 1.54) is 30.4 Å². The molecule has 1 aromatic carbocycles. The molecule has 1 atom stereocenters. The van der Waals surface area contributed by atoms with Gasteiger partial charge in [0, 0.05) is 12.0 Å². The van der Waals surface area contributed by atoms with Crippen LogP contribution >= 0.6 is 0 Å². The number of fused-ring (bicyclic) bond motifs is 2. The van der Waals surface area contributed by atoms with E-state index in [2.05, 4.69) is 23.5 Å². The van der Waals surface area contributed by atoms with E-state index in [1.54, 1.807) is 7.11 Å². The Labute approximate surface area is 90.6 Å². The zero-order valence-electron chi connectivity index (χ0n) is 9.18. The predicted octanol–water partition coefficient (Wildman–Crippen LogP) is 1.87. The molecule has 3 rings (SSSR count). The number of benzene rings is 1. The molecule has 1 N–H and O–H groups in total. The Morgan fingerprint density at radius 1 is 1.33 bits per heavy atom. The van der Waals surface area contributed by atoms with Crippen molar-refractivity contribution in [1.82, 2.24) is 5.32 Å². The van der Waals surface area contributed by atoms with Gasteiger partial charge in [-0.1, -0.05) is 6.07 Å². The summed E-state index contributed by atoms with van der Waals surface area (Å²) in [5.74, 6) is 1.00. The maximum atomic E-state index is 5.32. The van der Waals surface area contributed by atoms with Crippen LogP contribution in [0, 0.1) is 0 Å². The maximum Gasteiger partial charge on any atom is 0.119 e. The summed E-state index contributed by atoms with van der Waals surface area (Å²) in [6, 6.07) is 6.57. The van der Waals surface area contributed by atoms with Gasteiger partial charge in [-0.2, -0.15) is 0 Å². The van der Waals surface area contributed by atoms with E-state index < -0.39 is 0 Å². The molecular formula is C13H17NO. The molecule has 15 heavy (non-hydrogen) atoms. The average molecular weight is 203 g/mol. The topological polar surface area (TPSA) is 21.3 Å². The van der Waals surface area contributed by atoms with Crippen molar-refractivity contribution >= 4 is 0 Å². The van der Waals surface area contributed by atoms with E-state index in [9.17, 15) is 0 Å². The maximum absolute atomic E-state index is 5.32. The first-order chi connectivity index (χ1) is 7.34. The minimum atomic E-state index is 0.421. The third-order valence-electron chi connectivity index (χ3n) is 4.00. The van der Waals surface area contributed by atoms with Crippen LogP contribution in [0.1, 0.15) is 24.0 Å². The molecule has 0 saturated carbocycles. The summed E-state index contributed by atoms with van der Waals surface area (Å²) in [6.07, 6.45) is 3.83. The van der Waals surface area contributed by atoms with Gasteiger partial charge in [-0.3, -0.25) is 0 Å². The van der Waals surface area contributed by atoms with Crippen LogP contribution in [0.25, 0.3) is 0 Å². The standard InChI is InChI=1S/C13H17NO/c1-15-11-3-2-10-4-5-13(12(10)8-11)6-7-14-9-13/h2-3,8,14H,4-7,9H2,1H3. The van der Waals surface area contributed by atoms with Crippen molar-refractivity contribution in [3.8, 4) is 5.75 Å². The van der Waals surface area contributed by atoms with Gasteiger partial charge < -0.3 is 10.1 Å². The van der Waals surface area contributed by atoms with Crippen LogP contribution in [-0.2, 0) is 11.8 Å². The Balaban J connectivity index is 2.07. The lowest BCUT2D eigenvalue weighted by atomic mass is 9.81. The molecule has 2 aliphatic rings. The minimum absolute atomic E-state index is 0.421. The zero-order chi connectivity index (χ0) is 10.3. The van der Waals surface area contributed by atoms with Crippen molar-refractivity contribution in [1.29, 1.82) is 0 Å². The smallest absolute Gasteiger partial charge is 0.119 e. The van der Waals surface area contributed by atoms with Crippen molar-refractivity contribution in [3.63, 3.8) is 0 Å².